The Balaban J connectivity index is 1.43. The third-order valence-electron chi connectivity index (χ3n) is 5.58. The van der Waals surface area contributed by atoms with Gasteiger partial charge in [0.05, 0.1) is 24.3 Å². The second-order valence-electron chi connectivity index (χ2n) is 8.09. The van der Waals surface area contributed by atoms with Crippen LogP contribution >= 0.6 is 23.5 Å². The Morgan fingerprint density at radius 1 is 1.21 bits per heavy atom. The van der Waals surface area contributed by atoms with Crippen LogP contribution in [-0.4, -0.2) is 95.0 Å². The van der Waals surface area contributed by atoms with Crippen LogP contribution in [0.4, 0.5) is 0 Å². The molecular weight excluding hydrogens is 564 g/mol. The molecule has 2 aliphatic rings. The van der Waals surface area contributed by atoms with Gasteiger partial charge in [0.2, 0.25) is 11.1 Å². The maximum atomic E-state index is 12.9. The summed E-state index contributed by atoms with van der Waals surface area (Å²) < 4.78 is 33.8. The van der Waals surface area contributed by atoms with Crippen molar-refractivity contribution in [3.8, 4) is 0 Å². The Morgan fingerprint density at radius 2 is 1.95 bits per heavy atom. The van der Waals surface area contributed by atoms with Crippen LogP contribution < -0.4 is 5.32 Å². The molecule has 38 heavy (non-hydrogen) atoms. The maximum absolute atomic E-state index is 12.9. The highest BCUT2D eigenvalue weighted by Crippen LogP contribution is 2.41. The molecule has 0 aliphatic carbocycles. The van der Waals surface area contributed by atoms with Crippen molar-refractivity contribution in [2.75, 3.05) is 11.5 Å². The van der Waals surface area contributed by atoms with E-state index in [9.17, 15) is 37.3 Å². The molecule has 4 rings (SSSR count). The molecular formula is C20H20N6O9S3. The first kappa shape index (κ1) is 27.6. The van der Waals surface area contributed by atoms with E-state index in [2.05, 4.69) is 20.8 Å². The number of fused-ring (bicyclic) bond motifs is 1. The number of carboxylic acids is 2. The third-order valence-corrected chi connectivity index (χ3v) is 8.92. The van der Waals surface area contributed by atoms with Gasteiger partial charge >= 0.3 is 11.9 Å². The Morgan fingerprint density at radius 3 is 2.63 bits per heavy atom. The predicted octanol–water partition coefficient (Wildman–Crippen LogP) is -0.532. The number of aryl methyl sites for hydroxylation is 1. The second-order valence-corrected chi connectivity index (χ2v) is 11.5. The zero-order valence-electron chi connectivity index (χ0n) is 19.3. The first-order valence-corrected chi connectivity index (χ1v) is 14.3. The number of carboxylic acid groups (broad SMARTS) is 2. The fraction of sp³-hybridized carbons (Fsp3) is 0.350. The van der Waals surface area contributed by atoms with E-state index in [0.29, 0.717) is 10.7 Å². The van der Waals surface area contributed by atoms with Crippen LogP contribution in [0.25, 0.3) is 0 Å². The summed E-state index contributed by atoms with van der Waals surface area (Å²) in [6.07, 6.45) is -0.618. The molecule has 2 atom stereocenters. The summed E-state index contributed by atoms with van der Waals surface area (Å²) >= 11 is 2.35. The van der Waals surface area contributed by atoms with E-state index < -0.39 is 56.6 Å². The van der Waals surface area contributed by atoms with Crippen LogP contribution in [0.2, 0.25) is 0 Å². The zero-order chi connectivity index (χ0) is 27.6. The molecule has 2 aliphatic heterocycles. The molecule has 1 saturated heterocycles. The summed E-state index contributed by atoms with van der Waals surface area (Å²) in [6.45, 7) is 0.0347. The number of rotatable bonds is 11. The Labute approximate surface area is 223 Å². The quantitative estimate of drug-likeness (QED) is 0.148. The molecule has 1 aromatic carbocycles. The molecule has 15 nitrogen and oxygen atoms in total. The SMILES string of the molecule is O=C(O)CCn1nnnc1SCC1=C(C(=O)O)N2C(=O)C(NC(=O)Cc3ccccc3S(=O)(=O)O)[C@H]2SC1. The zero-order valence-corrected chi connectivity index (χ0v) is 21.7. The highest BCUT2D eigenvalue weighted by Gasteiger charge is 2.54. The summed E-state index contributed by atoms with van der Waals surface area (Å²) in [5, 5.41) is 31.9. The standard InChI is InChI=1S/C20H20N6O9S3/c27-13(7-10-3-1-2-4-12(10)38(33,34)35)21-15-17(30)26-16(19(31)32)11(8-36-18(15)26)9-37-20-22-23-24-25(20)6-5-14(28)29/h1-4,15,18H,5-9H2,(H,21,27)(H,28,29)(H,31,32)(H,33,34,35)/t15?,18-/m1/s1. The van der Waals surface area contributed by atoms with Crippen molar-refractivity contribution >= 4 is 57.4 Å². The molecule has 2 amide bonds. The molecule has 1 fully saturated rings. The number of carbonyl (C=O) groups excluding carboxylic acids is 2. The van der Waals surface area contributed by atoms with Gasteiger partial charge in [-0.15, -0.1) is 16.9 Å². The number of carbonyl (C=O) groups is 4. The number of β-lactam (4-membered cyclic amide) rings is 1. The number of nitrogens with zero attached hydrogens (tertiary/aromatic N) is 5. The number of benzene rings is 1. The normalized spacial score (nSPS) is 19.1. The van der Waals surface area contributed by atoms with Gasteiger partial charge in [-0.3, -0.25) is 23.8 Å². The fourth-order valence-electron chi connectivity index (χ4n) is 3.89. The second kappa shape index (κ2) is 11.1. The largest absolute Gasteiger partial charge is 0.481 e. The summed E-state index contributed by atoms with van der Waals surface area (Å²) in [4.78, 5) is 49.0. The van der Waals surface area contributed by atoms with Gasteiger partial charge in [0.15, 0.2) is 0 Å². The maximum Gasteiger partial charge on any atom is 0.352 e. The van der Waals surface area contributed by atoms with Gasteiger partial charge in [-0.1, -0.05) is 30.0 Å². The number of tetrazole rings is 1. The van der Waals surface area contributed by atoms with Gasteiger partial charge in [0, 0.05) is 11.5 Å². The Hall–Kier alpha value is -3.48. The van der Waals surface area contributed by atoms with Gasteiger partial charge in [-0.2, -0.15) is 8.42 Å². The highest BCUT2D eigenvalue weighted by molar-refractivity contribution is 8.01. The van der Waals surface area contributed by atoms with Crippen LogP contribution in [0.3, 0.4) is 0 Å². The first-order chi connectivity index (χ1) is 18.0. The summed E-state index contributed by atoms with van der Waals surface area (Å²) in [6, 6.07) is 4.39. The molecule has 0 spiro atoms. The lowest BCUT2D eigenvalue weighted by atomic mass is 10.0. The number of hydrogen-bond donors (Lipinski definition) is 4. The Bertz CT molecular complexity index is 1440. The van der Waals surface area contributed by atoms with E-state index in [1.807, 2.05) is 0 Å². The minimum absolute atomic E-state index is 0.0347. The average Bonchev–Trinajstić information content (AvgIpc) is 3.31. The van der Waals surface area contributed by atoms with E-state index in [1.165, 1.54) is 34.6 Å². The predicted molar refractivity (Wildman–Crippen MR) is 130 cm³/mol. The van der Waals surface area contributed by atoms with E-state index in [4.69, 9.17) is 5.11 Å². The van der Waals surface area contributed by atoms with Crippen LogP contribution in [-0.2, 0) is 42.3 Å². The average molecular weight is 585 g/mol. The van der Waals surface area contributed by atoms with E-state index >= 15 is 0 Å². The van der Waals surface area contributed by atoms with E-state index in [1.54, 1.807) is 0 Å². The highest BCUT2D eigenvalue weighted by atomic mass is 32.2. The monoisotopic (exact) mass is 584 g/mol. The van der Waals surface area contributed by atoms with Gasteiger partial charge in [-0.05, 0) is 27.6 Å². The van der Waals surface area contributed by atoms with Crippen molar-refractivity contribution in [3.63, 3.8) is 0 Å². The Kier molecular flexibility index (Phi) is 8.05. The first-order valence-electron chi connectivity index (χ1n) is 10.8. The summed E-state index contributed by atoms with van der Waals surface area (Å²) in [5.41, 5.74) is 0.262. The molecule has 18 heteroatoms. The minimum atomic E-state index is -4.56. The molecule has 0 radical (unpaired) electrons. The van der Waals surface area contributed by atoms with Crippen molar-refractivity contribution in [1.82, 2.24) is 30.4 Å². The topological polar surface area (TPSA) is 222 Å². The van der Waals surface area contributed by atoms with Gasteiger partial charge < -0.3 is 15.5 Å². The number of nitrogens with one attached hydrogen (secondary N) is 1. The molecule has 1 unspecified atom stereocenters. The molecule has 0 saturated carbocycles. The van der Waals surface area contributed by atoms with Gasteiger partial charge in [0.1, 0.15) is 17.1 Å². The molecule has 1 aromatic heterocycles. The molecule has 2 aromatic rings. The van der Waals surface area contributed by atoms with Crippen LogP contribution in [0, 0.1) is 0 Å². The smallest absolute Gasteiger partial charge is 0.352 e. The van der Waals surface area contributed by atoms with Crippen molar-refractivity contribution in [2.45, 2.75) is 40.9 Å². The third kappa shape index (κ3) is 5.82. The van der Waals surface area contributed by atoms with Crippen molar-refractivity contribution in [3.05, 3.63) is 41.1 Å². The van der Waals surface area contributed by atoms with E-state index in [0.717, 1.165) is 22.7 Å². The lowest BCUT2D eigenvalue weighted by Gasteiger charge is -2.49. The molecule has 202 valence electrons. The number of aliphatic carboxylic acids is 2. The molecule has 0 bridgehead atoms. The van der Waals surface area contributed by atoms with Crippen LogP contribution in [0.1, 0.15) is 12.0 Å². The number of amides is 2. The minimum Gasteiger partial charge on any atom is -0.481 e. The van der Waals surface area contributed by atoms with Crippen LogP contribution in [0.5, 0.6) is 0 Å². The van der Waals surface area contributed by atoms with E-state index in [-0.39, 0.29) is 35.7 Å². The molecule has 3 heterocycles. The van der Waals surface area contributed by atoms with Crippen molar-refractivity contribution in [2.24, 2.45) is 0 Å². The van der Waals surface area contributed by atoms with Crippen molar-refractivity contribution in [1.29, 1.82) is 0 Å². The fourth-order valence-corrected chi connectivity index (χ4v) is 7.00. The van der Waals surface area contributed by atoms with Crippen LogP contribution in [0.15, 0.2) is 45.6 Å². The number of aromatic nitrogens is 4. The van der Waals surface area contributed by atoms with Gasteiger partial charge in [0.25, 0.3) is 16.0 Å². The number of thioether (sulfide) groups is 2. The summed E-state index contributed by atoms with van der Waals surface area (Å²) in [5.74, 6) is -3.29. The number of hydrogen-bond acceptors (Lipinski definition) is 11. The van der Waals surface area contributed by atoms with Gasteiger partial charge in [-0.25, -0.2) is 9.48 Å². The summed E-state index contributed by atoms with van der Waals surface area (Å²) in [7, 11) is -4.56. The molecule has 4 N–H and O–H groups in total. The lowest BCUT2D eigenvalue weighted by Crippen LogP contribution is -2.70. The lowest BCUT2D eigenvalue weighted by molar-refractivity contribution is -0.150. The van der Waals surface area contributed by atoms with Crippen molar-refractivity contribution < 1.29 is 42.4 Å².